The highest BCUT2D eigenvalue weighted by molar-refractivity contribution is 7.21. The molecule has 0 spiro atoms. The topological polar surface area (TPSA) is 54.0 Å². The molecule has 0 radical (unpaired) electrons. The molecular weight excluding hydrogens is 411 g/mol. The molecule has 0 saturated carbocycles. The zero-order valence-electron chi connectivity index (χ0n) is 15.7. The third kappa shape index (κ3) is 4.28. The number of hydrogen-bond acceptors (Lipinski definition) is 3. The molecule has 4 nitrogen and oxygen atoms in total. The Bertz CT molecular complexity index is 1220. The molecule has 3 aromatic carbocycles. The summed E-state index contributed by atoms with van der Waals surface area (Å²) in [5.41, 5.74) is 2.23. The first-order valence-corrected chi connectivity index (χ1v) is 9.83. The minimum Gasteiger partial charge on any atom is -0.308 e. The minimum absolute atomic E-state index is 0.302. The highest BCUT2D eigenvalue weighted by Gasteiger charge is 2.33. The Balaban J connectivity index is 1.48. The van der Waals surface area contributed by atoms with E-state index in [4.69, 9.17) is 0 Å². The maximum atomic E-state index is 13.1. The van der Waals surface area contributed by atoms with E-state index in [1.54, 1.807) is 23.5 Å². The van der Waals surface area contributed by atoms with E-state index in [1.165, 1.54) is 18.2 Å². The second-order valence-corrected chi connectivity index (χ2v) is 7.72. The summed E-state index contributed by atoms with van der Waals surface area (Å²) in [6.07, 6.45) is -4.55. The summed E-state index contributed by atoms with van der Waals surface area (Å²) in [5.74, 6) is 0. The number of carbonyl (C=O) groups is 1. The van der Waals surface area contributed by atoms with E-state index in [9.17, 15) is 18.0 Å². The SMILES string of the molecule is Cc1ccc2nc(-c3ccc(NC(=O)Nc4ccccc4C(F)(F)F)cc3)sc2c1. The second-order valence-electron chi connectivity index (χ2n) is 6.69. The molecule has 30 heavy (non-hydrogen) atoms. The van der Waals surface area contributed by atoms with Gasteiger partial charge in [-0.3, -0.25) is 0 Å². The van der Waals surface area contributed by atoms with Crippen LogP contribution in [0.3, 0.4) is 0 Å². The molecule has 0 saturated heterocycles. The average Bonchev–Trinajstić information content (AvgIpc) is 3.11. The van der Waals surface area contributed by atoms with Gasteiger partial charge in [-0.05, 0) is 61.0 Å². The molecule has 0 atom stereocenters. The number of para-hydroxylation sites is 1. The number of alkyl halides is 3. The summed E-state index contributed by atoms with van der Waals surface area (Å²) in [5, 5.41) is 5.65. The largest absolute Gasteiger partial charge is 0.418 e. The predicted octanol–water partition coefficient (Wildman–Crippen LogP) is 6.93. The molecule has 0 aliphatic rings. The van der Waals surface area contributed by atoms with Crippen molar-refractivity contribution in [2.45, 2.75) is 13.1 Å². The first kappa shape index (κ1) is 19.9. The first-order valence-electron chi connectivity index (χ1n) is 9.01. The number of nitrogens with zero attached hydrogens (tertiary/aromatic N) is 1. The fraction of sp³-hybridized carbons (Fsp3) is 0.0909. The van der Waals surface area contributed by atoms with Crippen molar-refractivity contribution in [2.75, 3.05) is 10.6 Å². The van der Waals surface area contributed by atoms with Crippen molar-refractivity contribution in [3.05, 3.63) is 77.9 Å². The Kier molecular flexibility index (Phi) is 5.17. The maximum Gasteiger partial charge on any atom is 0.418 e. The lowest BCUT2D eigenvalue weighted by Gasteiger charge is -2.14. The third-order valence-corrected chi connectivity index (χ3v) is 5.48. The smallest absolute Gasteiger partial charge is 0.308 e. The molecule has 2 amide bonds. The van der Waals surface area contributed by atoms with Crippen molar-refractivity contribution in [1.29, 1.82) is 0 Å². The lowest BCUT2D eigenvalue weighted by atomic mass is 10.1. The number of aromatic nitrogens is 1. The number of rotatable bonds is 3. The van der Waals surface area contributed by atoms with Crippen LogP contribution in [0.15, 0.2) is 66.7 Å². The Morgan fingerprint density at radius 3 is 2.43 bits per heavy atom. The van der Waals surface area contributed by atoms with Gasteiger partial charge in [0.2, 0.25) is 0 Å². The summed E-state index contributed by atoms with van der Waals surface area (Å²) in [4.78, 5) is 16.8. The monoisotopic (exact) mass is 427 g/mol. The Morgan fingerprint density at radius 1 is 0.967 bits per heavy atom. The van der Waals surface area contributed by atoms with Gasteiger partial charge in [0.1, 0.15) is 5.01 Å². The first-order chi connectivity index (χ1) is 14.3. The van der Waals surface area contributed by atoms with Gasteiger partial charge in [-0.1, -0.05) is 18.2 Å². The third-order valence-electron chi connectivity index (χ3n) is 4.41. The van der Waals surface area contributed by atoms with E-state index in [2.05, 4.69) is 21.7 Å². The summed E-state index contributed by atoms with van der Waals surface area (Å²) in [6.45, 7) is 2.03. The number of urea groups is 1. The van der Waals surface area contributed by atoms with Gasteiger partial charge in [-0.15, -0.1) is 11.3 Å². The van der Waals surface area contributed by atoms with Gasteiger partial charge >= 0.3 is 12.2 Å². The number of carbonyl (C=O) groups excluding carboxylic acids is 1. The summed E-state index contributed by atoms with van der Waals surface area (Å²) in [6, 6.07) is 17.1. The average molecular weight is 427 g/mol. The second kappa shape index (κ2) is 7.79. The van der Waals surface area contributed by atoms with Crippen LogP contribution < -0.4 is 10.6 Å². The van der Waals surface area contributed by atoms with E-state index < -0.39 is 17.8 Å². The van der Waals surface area contributed by atoms with Crippen LogP contribution in [0.5, 0.6) is 0 Å². The molecule has 0 unspecified atom stereocenters. The van der Waals surface area contributed by atoms with Crippen molar-refractivity contribution in [3.63, 3.8) is 0 Å². The van der Waals surface area contributed by atoms with Crippen LogP contribution in [0, 0.1) is 6.92 Å². The predicted molar refractivity (Wildman–Crippen MR) is 114 cm³/mol. The molecule has 0 aliphatic carbocycles. The molecule has 152 valence electrons. The molecule has 4 rings (SSSR count). The van der Waals surface area contributed by atoms with Crippen molar-refractivity contribution >= 4 is 39.0 Å². The van der Waals surface area contributed by atoms with Gasteiger partial charge in [0.15, 0.2) is 0 Å². The molecule has 2 N–H and O–H groups in total. The molecule has 0 aliphatic heterocycles. The van der Waals surface area contributed by atoms with E-state index in [-0.39, 0.29) is 5.69 Å². The lowest BCUT2D eigenvalue weighted by molar-refractivity contribution is -0.136. The van der Waals surface area contributed by atoms with E-state index >= 15 is 0 Å². The van der Waals surface area contributed by atoms with Crippen molar-refractivity contribution in [3.8, 4) is 10.6 Å². The van der Waals surface area contributed by atoms with Gasteiger partial charge < -0.3 is 10.6 Å². The number of thiazole rings is 1. The number of nitrogens with one attached hydrogen (secondary N) is 2. The zero-order valence-corrected chi connectivity index (χ0v) is 16.6. The number of fused-ring (bicyclic) bond motifs is 1. The standard InChI is InChI=1S/C22H16F3N3OS/c1-13-6-11-18-19(12-13)30-20(27-18)14-7-9-15(10-8-14)26-21(29)28-17-5-3-2-4-16(17)22(23,24)25/h2-12H,1H3,(H2,26,28,29). The van der Waals surface area contributed by atoms with E-state index in [0.717, 1.165) is 32.4 Å². The van der Waals surface area contributed by atoms with Crippen molar-refractivity contribution in [1.82, 2.24) is 4.98 Å². The number of anilines is 2. The minimum atomic E-state index is -4.55. The van der Waals surface area contributed by atoms with Gasteiger partial charge in [0.25, 0.3) is 0 Å². The quantitative estimate of drug-likeness (QED) is 0.372. The van der Waals surface area contributed by atoms with Crippen LogP contribution in [-0.4, -0.2) is 11.0 Å². The van der Waals surface area contributed by atoms with Gasteiger partial charge in [-0.2, -0.15) is 13.2 Å². The Hall–Kier alpha value is -3.39. The van der Waals surface area contributed by atoms with Crippen LogP contribution in [0.1, 0.15) is 11.1 Å². The molecule has 8 heteroatoms. The molecule has 0 bridgehead atoms. The maximum absolute atomic E-state index is 13.1. The molecule has 4 aromatic rings. The van der Waals surface area contributed by atoms with Crippen LogP contribution in [-0.2, 0) is 6.18 Å². The van der Waals surface area contributed by atoms with E-state index in [1.807, 2.05) is 31.2 Å². The molecule has 1 aromatic heterocycles. The van der Waals surface area contributed by atoms with Gasteiger partial charge in [-0.25, -0.2) is 9.78 Å². The zero-order chi connectivity index (χ0) is 21.3. The number of aryl methyl sites for hydroxylation is 1. The van der Waals surface area contributed by atoms with Crippen LogP contribution in [0.4, 0.5) is 29.3 Å². The molecular formula is C22H16F3N3OS. The van der Waals surface area contributed by atoms with Crippen molar-refractivity contribution < 1.29 is 18.0 Å². The summed E-state index contributed by atoms with van der Waals surface area (Å²) >= 11 is 1.57. The highest BCUT2D eigenvalue weighted by atomic mass is 32.1. The van der Waals surface area contributed by atoms with Gasteiger partial charge in [0.05, 0.1) is 21.5 Å². The van der Waals surface area contributed by atoms with Crippen molar-refractivity contribution in [2.24, 2.45) is 0 Å². The highest BCUT2D eigenvalue weighted by Crippen LogP contribution is 2.35. The Labute approximate surface area is 174 Å². The molecule has 0 fully saturated rings. The van der Waals surface area contributed by atoms with E-state index in [0.29, 0.717) is 5.69 Å². The number of benzene rings is 3. The molecule has 1 heterocycles. The number of hydrogen-bond donors (Lipinski definition) is 2. The number of halogens is 3. The summed E-state index contributed by atoms with van der Waals surface area (Å²) in [7, 11) is 0. The lowest BCUT2D eigenvalue weighted by Crippen LogP contribution is -2.21. The summed E-state index contributed by atoms with van der Waals surface area (Å²) < 4.78 is 40.3. The fourth-order valence-electron chi connectivity index (χ4n) is 2.98. The van der Waals surface area contributed by atoms with Crippen LogP contribution in [0.2, 0.25) is 0 Å². The normalized spacial score (nSPS) is 11.5. The Morgan fingerprint density at radius 2 is 1.70 bits per heavy atom. The van der Waals surface area contributed by atoms with Crippen LogP contribution >= 0.6 is 11.3 Å². The fourth-order valence-corrected chi connectivity index (χ4v) is 4.04. The van der Waals surface area contributed by atoms with Gasteiger partial charge in [0, 0.05) is 11.3 Å². The number of amides is 2. The van der Waals surface area contributed by atoms with Crippen LogP contribution in [0.25, 0.3) is 20.8 Å².